The highest BCUT2D eigenvalue weighted by Gasteiger charge is 2.05. The molecule has 56 valence electrons. The van der Waals surface area contributed by atoms with E-state index in [1.165, 1.54) is 4.90 Å². The van der Waals surface area contributed by atoms with Crippen LogP contribution in [0.5, 0.6) is 0 Å². The summed E-state index contributed by atoms with van der Waals surface area (Å²) in [5.74, 6) is 0. The molecule has 0 atom stereocenters. The van der Waals surface area contributed by atoms with Gasteiger partial charge < -0.3 is 4.90 Å². The van der Waals surface area contributed by atoms with Gasteiger partial charge in [-0.25, -0.2) is 0 Å². The lowest BCUT2D eigenvalue weighted by Crippen LogP contribution is -2.26. The monoisotopic (exact) mass is 160 g/mol. The van der Waals surface area contributed by atoms with Crippen LogP contribution in [0.25, 0.3) is 0 Å². The molecular weight excluding hydrogens is 152 g/mol. The third-order valence-corrected chi connectivity index (χ3v) is 1.36. The number of halogens is 1. The Balaban J connectivity index is 3.63. The maximum absolute atomic E-state index is 10.5. The van der Waals surface area contributed by atoms with Gasteiger partial charge in [0, 0.05) is 13.1 Å². The molecule has 0 aliphatic heterocycles. The zero-order valence-corrected chi connectivity index (χ0v) is 6.56. The number of amides is 1. The molecule has 0 rings (SSSR count). The molecule has 10 heavy (non-hydrogen) atoms. The van der Waals surface area contributed by atoms with E-state index < -0.39 is 5.37 Å². The first-order chi connectivity index (χ1) is 4.72. The Bertz CT molecular complexity index is 152. The van der Waals surface area contributed by atoms with Gasteiger partial charge in [-0.15, -0.1) is 0 Å². The molecule has 0 aliphatic rings. The van der Waals surface area contributed by atoms with Crippen LogP contribution in [-0.2, 0) is 0 Å². The molecule has 1 amide bonds. The van der Waals surface area contributed by atoms with Gasteiger partial charge in [-0.1, -0.05) is 0 Å². The third-order valence-electron chi connectivity index (χ3n) is 1.12. The normalized spacial score (nSPS) is 8.50. The van der Waals surface area contributed by atoms with Crippen molar-refractivity contribution < 1.29 is 4.79 Å². The summed E-state index contributed by atoms with van der Waals surface area (Å²) in [4.78, 5) is 11.9. The van der Waals surface area contributed by atoms with Crippen LogP contribution in [-0.4, -0.2) is 23.4 Å². The molecule has 0 bridgehead atoms. The summed E-state index contributed by atoms with van der Waals surface area (Å²) in [7, 11) is 0. The number of carbonyl (C=O) groups excluding carboxylic acids is 1. The fourth-order valence-electron chi connectivity index (χ4n) is 0.555. The number of hydrogen-bond acceptors (Lipinski definition) is 2. The first kappa shape index (κ1) is 9.25. The second kappa shape index (κ2) is 5.07. The Morgan fingerprint density at radius 1 is 1.80 bits per heavy atom. The van der Waals surface area contributed by atoms with Gasteiger partial charge in [0.15, 0.2) is 0 Å². The molecule has 0 heterocycles. The highest BCUT2D eigenvalue weighted by atomic mass is 35.5. The van der Waals surface area contributed by atoms with E-state index >= 15 is 0 Å². The van der Waals surface area contributed by atoms with E-state index in [1.54, 1.807) is 0 Å². The summed E-state index contributed by atoms with van der Waals surface area (Å²) in [5, 5.41) is 7.67. The SMILES string of the molecule is CCN(CCC#N)C(=O)Cl. The van der Waals surface area contributed by atoms with Crippen molar-refractivity contribution in [3.63, 3.8) is 0 Å². The lowest BCUT2D eigenvalue weighted by molar-refractivity contribution is 0.225. The number of rotatable bonds is 3. The van der Waals surface area contributed by atoms with Crippen molar-refractivity contribution in [1.82, 2.24) is 4.90 Å². The molecule has 0 fully saturated rings. The van der Waals surface area contributed by atoms with Crippen molar-refractivity contribution in [2.24, 2.45) is 0 Å². The van der Waals surface area contributed by atoms with Gasteiger partial charge in [0.05, 0.1) is 12.5 Å². The van der Waals surface area contributed by atoms with Gasteiger partial charge in [0.1, 0.15) is 0 Å². The highest BCUT2D eigenvalue weighted by Crippen LogP contribution is 1.96. The molecule has 0 aromatic rings. The first-order valence-corrected chi connectivity index (χ1v) is 3.41. The van der Waals surface area contributed by atoms with Gasteiger partial charge in [0.25, 0.3) is 0 Å². The van der Waals surface area contributed by atoms with E-state index in [0.29, 0.717) is 19.5 Å². The summed E-state index contributed by atoms with van der Waals surface area (Å²) in [6, 6.07) is 1.93. The van der Waals surface area contributed by atoms with Gasteiger partial charge in [-0.2, -0.15) is 5.26 Å². The van der Waals surface area contributed by atoms with Crippen molar-refractivity contribution in [1.29, 1.82) is 5.26 Å². The summed E-state index contributed by atoms with van der Waals surface area (Å²) >= 11 is 5.16. The summed E-state index contributed by atoms with van der Waals surface area (Å²) in [6.45, 7) is 2.80. The van der Waals surface area contributed by atoms with E-state index in [9.17, 15) is 4.79 Å². The minimum Gasteiger partial charge on any atom is -0.328 e. The maximum Gasteiger partial charge on any atom is 0.316 e. The van der Waals surface area contributed by atoms with Crippen molar-refractivity contribution in [2.45, 2.75) is 13.3 Å². The second-order valence-electron chi connectivity index (χ2n) is 1.74. The molecular formula is C6H9ClN2O. The highest BCUT2D eigenvalue weighted by molar-refractivity contribution is 6.62. The average molecular weight is 161 g/mol. The molecule has 0 aromatic carbocycles. The van der Waals surface area contributed by atoms with E-state index in [0.717, 1.165) is 0 Å². The van der Waals surface area contributed by atoms with Crippen molar-refractivity contribution >= 4 is 17.0 Å². The smallest absolute Gasteiger partial charge is 0.316 e. The van der Waals surface area contributed by atoms with Crippen LogP contribution >= 0.6 is 11.6 Å². The zero-order chi connectivity index (χ0) is 7.98. The van der Waals surface area contributed by atoms with Crippen LogP contribution < -0.4 is 0 Å². The van der Waals surface area contributed by atoms with Crippen LogP contribution in [0.1, 0.15) is 13.3 Å². The molecule has 0 unspecified atom stereocenters. The minimum absolute atomic E-state index is 0.340. The molecule has 0 aliphatic carbocycles. The standard InChI is InChI=1S/C6H9ClN2O/c1-2-9(6(7)10)5-3-4-8/h2-3,5H2,1H3. The van der Waals surface area contributed by atoms with Gasteiger partial charge >= 0.3 is 5.37 Å². The van der Waals surface area contributed by atoms with E-state index in [4.69, 9.17) is 16.9 Å². The lowest BCUT2D eigenvalue weighted by Gasteiger charge is -2.14. The Morgan fingerprint density at radius 2 is 2.40 bits per heavy atom. The number of hydrogen-bond donors (Lipinski definition) is 0. The van der Waals surface area contributed by atoms with Crippen LogP contribution in [0.2, 0.25) is 0 Å². The zero-order valence-electron chi connectivity index (χ0n) is 5.80. The lowest BCUT2D eigenvalue weighted by atomic mass is 10.4. The maximum atomic E-state index is 10.5. The summed E-state index contributed by atoms with van der Waals surface area (Å²) in [5.41, 5.74) is 0. The number of carbonyl (C=O) groups is 1. The van der Waals surface area contributed by atoms with Crippen LogP contribution in [0, 0.1) is 11.3 Å². The predicted octanol–water partition coefficient (Wildman–Crippen LogP) is 1.58. The largest absolute Gasteiger partial charge is 0.328 e. The van der Waals surface area contributed by atoms with Crippen LogP contribution in [0.15, 0.2) is 0 Å². The predicted molar refractivity (Wildman–Crippen MR) is 38.7 cm³/mol. The van der Waals surface area contributed by atoms with E-state index in [-0.39, 0.29) is 0 Å². The van der Waals surface area contributed by atoms with Crippen LogP contribution in [0.4, 0.5) is 4.79 Å². The molecule has 0 aromatic heterocycles. The molecule has 0 spiro atoms. The molecule has 0 N–H and O–H groups in total. The molecule has 0 radical (unpaired) electrons. The van der Waals surface area contributed by atoms with E-state index in [2.05, 4.69) is 0 Å². The summed E-state index contributed by atoms with van der Waals surface area (Å²) in [6.07, 6.45) is 0.340. The fraction of sp³-hybridized carbons (Fsp3) is 0.667. The molecule has 3 nitrogen and oxygen atoms in total. The van der Waals surface area contributed by atoms with Crippen molar-refractivity contribution in [3.05, 3.63) is 0 Å². The quantitative estimate of drug-likeness (QED) is 0.465. The topological polar surface area (TPSA) is 44.1 Å². The molecule has 4 heteroatoms. The Labute approximate surface area is 65.2 Å². The van der Waals surface area contributed by atoms with Gasteiger partial charge in [0.2, 0.25) is 0 Å². The van der Waals surface area contributed by atoms with E-state index in [1.807, 2.05) is 13.0 Å². The third kappa shape index (κ3) is 3.31. The number of nitrogens with zero attached hydrogens (tertiary/aromatic N) is 2. The Hall–Kier alpha value is -0.750. The average Bonchev–Trinajstić information content (AvgIpc) is 1.89. The first-order valence-electron chi connectivity index (χ1n) is 3.03. The van der Waals surface area contributed by atoms with Gasteiger partial charge in [-0.05, 0) is 18.5 Å². The number of nitriles is 1. The van der Waals surface area contributed by atoms with Gasteiger partial charge in [-0.3, -0.25) is 4.79 Å². The van der Waals surface area contributed by atoms with Crippen LogP contribution in [0.3, 0.4) is 0 Å². The Kier molecular flexibility index (Phi) is 4.69. The van der Waals surface area contributed by atoms with Crippen molar-refractivity contribution in [3.8, 4) is 6.07 Å². The summed E-state index contributed by atoms with van der Waals surface area (Å²) < 4.78 is 0. The molecule has 0 saturated heterocycles. The second-order valence-corrected chi connectivity index (χ2v) is 2.06. The van der Waals surface area contributed by atoms with Crippen molar-refractivity contribution in [2.75, 3.05) is 13.1 Å². The minimum atomic E-state index is -0.488. The molecule has 0 saturated carbocycles. The Morgan fingerprint density at radius 3 is 2.70 bits per heavy atom. The fourth-order valence-corrected chi connectivity index (χ4v) is 0.759.